The molecule has 1 heterocycles. The lowest BCUT2D eigenvalue weighted by Crippen LogP contribution is -2.51. The number of carbonyl (C=O) groups excluding carboxylic acids is 3. The number of hydrogen-bond acceptors (Lipinski definition) is 6. The Labute approximate surface area is 160 Å². The Morgan fingerprint density at radius 3 is 2.31 bits per heavy atom. The SMILES string of the molecule is CCOC(=O)N1CCN(C(=O)COC(=O)c2cc(Cl)cc(Cl)c2N)CC1. The molecule has 0 aromatic heterocycles. The number of nitrogen functional groups attached to an aromatic ring is 1. The largest absolute Gasteiger partial charge is 0.452 e. The molecule has 1 saturated heterocycles. The zero-order valence-corrected chi connectivity index (χ0v) is 15.7. The third-order valence-electron chi connectivity index (χ3n) is 3.80. The van der Waals surface area contributed by atoms with E-state index in [0.29, 0.717) is 32.8 Å². The molecule has 1 aromatic rings. The number of anilines is 1. The quantitative estimate of drug-likeness (QED) is 0.609. The number of amides is 2. The average Bonchev–Trinajstić information content (AvgIpc) is 2.62. The van der Waals surface area contributed by atoms with E-state index in [4.69, 9.17) is 38.4 Å². The highest BCUT2D eigenvalue weighted by atomic mass is 35.5. The zero-order chi connectivity index (χ0) is 19.3. The first-order chi connectivity index (χ1) is 12.3. The Kier molecular flexibility index (Phi) is 6.93. The van der Waals surface area contributed by atoms with E-state index in [0.717, 1.165) is 0 Å². The van der Waals surface area contributed by atoms with E-state index in [2.05, 4.69) is 0 Å². The highest BCUT2D eigenvalue weighted by Gasteiger charge is 2.26. The second-order valence-electron chi connectivity index (χ2n) is 5.49. The van der Waals surface area contributed by atoms with Gasteiger partial charge in [-0.3, -0.25) is 4.79 Å². The van der Waals surface area contributed by atoms with Gasteiger partial charge in [0.25, 0.3) is 5.91 Å². The predicted octanol–water partition coefficient (Wildman–Crippen LogP) is 2.03. The van der Waals surface area contributed by atoms with Gasteiger partial charge < -0.3 is 25.0 Å². The van der Waals surface area contributed by atoms with Gasteiger partial charge in [0.1, 0.15) is 0 Å². The maximum Gasteiger partial charge on any atom is 0.409 e. The van der Waals surface area contributed by atoms with E-state index in [1.807, 2.05) is 0 Å². The van der Waals surface area contributed by atoms with Crippen molar-refractivity contribution in [3.63, 3.8) is 0 Å². The van der Waals surface area contributed by atoms with Crippen LogP contribution in [0.25, 0.3) is 0 Å². The van der Waals surface area contributed by atoms with Gasteiger partial charge in [-0.1, -0.05) is 23.2 Å². The normalized spacial score (nSPS) is 14.1. The van der Waals surface area contributed by atoms with Crippen molar-refractivity contribution in [3.05, 3.63) is 27.7 Å². The number of nitrogens with two attached hydrogens (primary N) is 1. The lowest BCUT2D eigenvalue weighted by atomic mass is 10.2. The second kappa shape index (κ2) is 8.95. The summed E-state index contributed by atoms with van der Waals surface area (Å²) < 4.78 is 9.93. The number of ether oxygens (including phenoxy) is 2. The summed E-state index contributed by atoms with van der Waals surface area (Å²) in [5, 5.41) is 0.364. The Morgan fingerprint density at radius 2 is 1.69 bits per heavy atom. The molecule has 26 heavy (non-hydrogen) atoms. The van der Waals surface area contributed by atoms with Crippen LogP contribution in [0, 0.1) is 0 Å². The van der Waals surface area contributed by atoms with Crippen molar-refractivity contribution in [2.75, 3.05) is 45.1 Å². The topological polar surface area (TPSA) is 102 Å². The Bertz CT molecular complexity index is 705. The first-order valence-corrected chi connectivity index (χ1v) is 8.70. The first-order valence-electron chi connectivity index (χ1n) is 7.94. The number of carbonyl (C=O) groups is 3. The van der Waals surface area contributed by atoms with Crippen LogP contribution < -0.4 is 5.73 Å². The van der Waals surface area contributed by atoms with Crippen molar-refractivity contribution >= 4 is 46.9 Å². The van der Waals surface area contributed by atoms with Crippen molar-refractivity contribution in [1.82, 2.24) is 9.80 Å². The highest BCUT2D eigenvalue weighted by molar-refractivity contribution is 6.37. The zero-order valence-electron chi connectivity index (χ0n) is 14.2. The summed E-state index contributed by atoms with van der Waals surface area (Å²) in [6.07, 6.45) is -0.403. The van der Waals surface area contributed by atoms with Crippen LogP contribution in [0.1, 0.15) is 17.3 Å². The van der Waals surface area contributed by atoms with Crippen molar-refractivity contribution in [3.8, 4) is 0 Å². The molecule has 1 aliphatic rings. The minimum Gasteiger partial charge on any atom is -0.452 e. The van der Waals surface area contributed by atoms with Crippen LogP contribution in [0.2, 0.25) is 10.0 Å². The van der Waals surface area contributed by atoms with Crippen molar-refractivity contribution in [2.45, 2.75) is 6.92 Å². The molecule has 0 bridgehead atoms. The lowest BCUT2D eigenvalue weighted by Gasteiger charge is -2.33. The molecule has 142 valence electrons. The summed E-state index contributed by atoms with van der Waals surface area (Å²) in [5.41, 5.74) is 5.77. The maximum absolute atomic E-state index is 12.2. The molecule has 0 atom stereocenters. The van der Waals surface area contributed by atoms with Crippen LogP contribution in [0.3, 0.4) is 0 Å². The van der Waals surface area contributed by atoms with E-state index in [1.54, 1.807) is 6.92 Å². The van der Waals surface area contributed by atoms with Crippen molar-refractivity contribution in [2.24, 2.45) is 0 Å². The molecule has 10 heteroatoms. The van der Waals surface area contributed by atoms with Gasteiger partial charge in [0.2, 0.25) is 0 Å². The average molecular weight is 404 g/mol. The van der Waals surface area contributed by atoms with E-state index in [1.165, 1.54) is 21.9 Å². The molecule has 0 radical (unpaired) electrons. The summed E-state index contributed by atoms with van der Waals surface area (Å²) >= 11 is 11.7. The van der Waals surface area contributed by atoms with E-state index < -0.39 is 18.7 Å². The highest BCUT2D eigenvalue weighted by Crippen LogP contribution is 2.28. The maximum atomic E-state index is 12.2. The molecule has 0 aliphatic carbocycles. The summed E-state index contributed by atoms with van der Waals surface area (Å²) in [6.45, 7) is 2.96. The number of benzene rings is 1. The predicted molar refractivity (Wildman–Crippen MR) is 96.3 cm³/mol. The molecule has 1 aromatic carbocycles. The minimum atomic E-state index is -0.787. The van der Waals surface area contributed by atoms with Crippen LogP contribution >= 0.6 is 23.2 Å². The van der Waals surface area contributed by atoms with Crippen LogP contribution in [-0.2, 0) is 14.3 Å². The van der Waals surface area contributed by atoms with Crippen LogP contribution in [-0.4, -0.2) is 67.2 Å². The van der Waals surface area contributed by atoms with Gasteiger partial charge in [0.15, 0.2) is 6.61 Å². The fourth-order valence-electron chi connectivity index (χ4n) is 2.40. The molecular formula is C16H19Cl2N3O5. The number of piperazine rings is 1. The molecule has 1 fully saturated rings. The van der Waals surface area contributed by atoms with Gasteiger partial charge in [-0.25, -0.2) is 9.59 Å². The summed E-state index contributed by atoms with van der Waals surface area (Å²) in [6, 6.07) is 2.73. The smallest absolute Gasteiger partial charge is 0.409 e. The molecular weight excluding hydrogens is 385 g/mol. The van der Waals surface area contributed by atoms with E-state index in [9.17, 15) is 14.4 Å². The number of rotatable bonds is 4. The molecule has 2 rings (SSSR count). The van der Waals surface area contributed by atoms with Gasteiger partial charge in [0.05, 0.1) is 22.9 Å². The first kappa shape index (κ1) is 20.1. The van der Waals surface area contributed by atoms with Gasteiger partial charge in [-0.15, -0.1) is 0 Å². The van der Waals surface area contributed by atoms with Crippen LogP contribution in [0.5, 0.6) is 0 Å². The van der Waals surface area contributed by atoms with Gasteiger partial charge in [-0.2, -0.15) is 0 Å². The molecule has 1 aliphatic heterocycles. The van der Waals surface area contributed by atoms with Crippen LogP contribution in [0.15, 0.2) is 12.1 Å². The molecule has 0 spiro atoms. The number of hydrogen-bond donors (Lipinski definition) is 1. The number of nitrogens with zero attached hydrogens (tertiary/aromatic N) is 2. The van der Waals surface area contributed by atoms with Crippen molar-refractivity contribution in [1.29, 1.82) is 0 Å². The second-order valence-corrected chi connectivity index (χ2v) is 6.34. The summed E-state index contributed by atoms with van der Waals surface area (Å²) in [7, 11) is 0. The Morgan fingerprint density at radius 1 is 1.08 bits per heavy atom. The molecule has 0 unspecified atom stereocenters. The Hall–Kier alpha value is -2.19. The molecule has 2 N–H and O–H groups in total. The van der Waals surface area contributed by atoms with Gasteiger partial charge in [-0.05, 0) is 19.1 Å². The van der Waals surface area contributed by atoms with Crippen LogP contribution in [0.4, 0.5) is 10.5 Å². The van der Waals surface area contributed by atoms with Gasteiger partial charge >= 0.3 is 12.1 Å². The molecule has 8 nitrogen and oxygen atoms in total. The monoisotopic (exact) mass is 403 g/mol. The number of halogens is 2. The third-order valence-corrected chi connectivity index (χ3v) is 4.33. The lowest BCUT2D eigenvalue weighted by molar-refractivity contribution is -0.136. The number of esters is 1. The van der Waals surface area contributed by atoms with E-state index >= 15 is 0 Å². The minimum absolute atomic E-state index is 0.00225. The molecule has 0 saturated carbocycles. The summed E-state index contributed by atoms with van der Waals surface area (Å²) in [4.78, 5) is 39.0. The van der Waals surface area contributed by atoms with Gasteiger partial charge in [0, 0.05) is 31.2 Å². The van der Waals surface area contributed by atoms with E-state index in [-0.39, 0.29) is 27.2 Å². The fraction of sp³-hybridized carbons (Fsp3) is 0.438. The Balaban J connectivity index is 1.86. The third kappa shape index (κ3) is 4.92. The standard InChI is InChI=1S/C16H19Cl2N3O5/c1-2-25-16(24)21-5-3-20(4-6-21)13(22)9-26-15(23)11-7-10(17)8-12(18)14(11)19/h7-8H,2-6,9,19H2,1H3. The fourth-order valence-corrected chi connectivity index (χ4v) is 2.90. The molecule has 2 amide bonds. The summed E-state index contributed by atoms with van der Waals surface area (Å²) in [5.74, 6) is -1.15. The van der Waals surface area contributed by atoms with Crippen molar-refractivity contribution < 1.29 is 23.9 Å².